The van der Waals surface area contributed by atoms with Crippen molar-refractivity contribution in [2.75, 3.05) is 70.5 Å². The molecule has 2 aromatic heterocycles. The maximum Gasteiger partial charge on any atom is 0.250 e. The van der Waals surface area contributed by atoms with Crippen LogP contribution in [-0.4, -0.2) is 97.2 Å². The molecule has 3 N–H and O–H groups in total. The lowest BCUT2D eigenvalue weighted by Gasteiger charge is -2.34. The zero-order valence-corrected chi connectivity index (χ0v) is 23.7. The van der Waals surface area contributed by atoms with Gasteiger partial charge in [-0.25, -0.2) is 4.98 Å². The van der Waals surface area contributed by atoms with Gasteiger partial charge in [-0.3, -0.25) is 14.5 Å². The fourth-order valence-electron chi connectivity index (χ4n) is 5.55. The molecule has 2 aromatic carbocycles. The summed E-state index contributed by atoms with van der Waals surface area (Å²) in [6.07, 6.45) is 0. The number of halogens is 1. The van der Waals surface area contributed by atoms with Gasteiger partial charge in [0.15, 0.2) is 0 Å². The third kappa shape index (κ3) is 5.68. The molecule has 214 valence electrons. The predicted molar refractivity (Wildman–Crippen MR) is 160 cm³/mol. The Morgan fingerprint density at radius 3 is 2.54 bits per heavy atom. The van der Waals surface area contributed by atoms with Gasteiger partial charge in [0.05, 0.1) is 46.0 Å². The van der Waals surface area contributed by atoms with E-state index in [9.17, 15) is 9.59 Å². The molecule has 6 rings (SSSR count). The van der Waals surface area contributed by atoms with Crippen LogP contribution in [0.2, 0.25) is 5.02 Å². The lowest BCUT2D eigenvalue weighted by Crippen LogP contribution is -2.48. The molecule has 0 aliphatic carbocycles. The molecule has 0 radical (unpaired) electrons. The summed E-state index contributed by atoms with van der Waals surface area (Å²) >= 11 is 6.62. The van der Waals surface area contributed by atoms with E-state index in [1.807, 2.05) is 23.1 Å². The van der Waals surface area contributed by atoms with E-state index in [0.29, 0.717) is 52.9 Å². The number of nitrogens with two attached hydrogens (primary N) is 1. The smallest absolute Gasteiger partial charge is 0.250 e. The van der Waals surface area contributed by atoms with Crippen molar-refractivity contribution in [3.8, 4) is 17.0 Å². The molecule has 2 aliphatic rings. The van der Waals surface area contributed by atoms with Crippen molar-refractivity contribution in [2.24, 2.45) is 5.73 Å². The maximum atomic E-state index is 12.5. The number of rotatable bonds is 7. The zero-order chi connectivity index (χ0) is 28.5. The van der Waals surface area contributed by atoms with Crippen LogP contribution in [-0.2, 0) is 9.53 Å². The number of anilines is 1. The second-order valence-electron chi connectivity index (χ2n) is 10.4. The Balaban J connectivity index is 1.22. The maximum absolute atomic E-state index is 12.5. The van der Waals surface area contributed by atoms with Crippen LogP contribution in [0.4, 0.5) is 5.69 Å². The van der Waals surface area contributed by atoms with Crippen LogP contribution in [0, 0.1) is 0 Å². The minimum atomic E-state index is -0.534. The molecule has 0 spiro atoms. The van der Waals surface area contributed by atoms with E-state index in [2.05, 4.69) is 26.9 Å². The van der Waals surface area contributed by atoms with Crippen LogP contribution < -0.4 is 15.4 Å². The number of benzene rings is 2. The van der Waals surface area contributed by atoms with Crippen LogP contribution in [0.15, 0.2) is 42.5 Å². The van der Waals surface area contributed by atoms with Gasteiger partial charge in [0.25, 0.3) is 5.91 Å². The highest BCUT2D eigenvalue weighted by atomic mass is 35.5. The third-order valence-corrected chi connectivity index (χ3v) is 8.18. The predicted octanol–water partition coefficient (Wildman–Crippen LogP) is 3.51. The van der Waals surface area contributed by atoms with Crippen LogP contribution >= 0.6 is 11.6 Å². The van der Waals surface area contributed by atoms with E-state index in [0.717, 1.165) is 68.0 Å². The number of morpholine rings is 1. The number of H-pyrrole nitrogens is 1. The molecule has 2 saturated heterocycles. The van der Waals surface area contributed by atoms with Crippen LogP contribution in [0.1, 0.15) is 17.3 Å². The lowest BCUT2D eigenvalue weighted by molar-refractivity contribution is -0.130. The number of nitrogens with zero attached hydrogens (tertiary/aromatic N) is 4. The summed E-state index contributed by atoms with van der Waals surface area (Å²) in [5.41, 5.74) is 10.8. The molecule has 2 fully saturated rings. The zero-order valence-electron chi connectivity index (χ0n) is 23.0. The Bertz CT molecular complexity index is 1610. The van der Waals surface area contributed by atoms with Crippen molar-refractivity contribution in [3.63, 3.8) is 0 Å². The number of hydrogen-bond acceptors (Lipinski definition) is 7. The number of hydrogen-bond donors (Lipinski definition) is 2. The second kappa shape index (κ2) is 11.6. The largest absolute Gasteiger partial charge is 0.491 e. The number of piperazine rings is 1. The fraction of sp³-hybridized carbons (Fsp3) is 0.367. The van der Waals surface area contributed by atoms with Crippen molar-refractivity contribution in [1.29, 1.82) is 0 Å². The molecule has 0 unspecified atom stereocenters. The SMILES string of the molecule is CC(=O)N1CCN(CCOc2ccc(-c3cc(C(N)=O)c4[nH]c5cc(N6CCOCC6)ccc5c4n3)cc2Cl)CC1. The number of pyridine rings is 1. The molecule has 2 aliphatic heterocycles. The van der Waals surface area contributed by atoms with Crippen molar-refractivity contribution in [2.45, 2.75) is 6.92 Å². The van der Waals surface area contributed by atoms with E-state index in [1.165, 1.54) is 0 Å². The van der Waals surface area contributed by atoms with Gasteiger partial charge in [-0.05, 0) is 42.5 Å². The van der Waals surface area contributed by atoms with Gasteiger partial charge in [0.2, 0.25) is 5.91 Å². The lowest BCUT2D eigenvalue weighted by atomic mass is 10.1. The average Bonchev–Trinajstić information content (AvgIpc) is 3.36. The summed E-state index contributed by atoms with van der Waals surface area (Å²) in [6.45, 7) is 9.04. The van der Waals surface area contributed by atoms with E-state index in [-0.39, 0.29) is 5.91 Å². The van der Waals surface area contributed by atoms with Crippen LogP contribution in [0.5, 0.6) is 5.75 Å². The van der Waals surface area contributed by atoms with Crippen molar-refractivity contribution in [3.05, 3.63) is 53.1 Å². The Hall–Kier alpha value is -3.86. The molecule has 4 heterocycles. The molecule has 41 heavy (non-hydrogen) atoms. The van der Waals surface area contributed by atoms with Gasteiger partial charge >= 0.3 is 0 Å². The Morgan fingerprint density at radius 1 is 1.05 bits per heavy atom. The standard InChI is InChI=1S/C30H33ClN6O4/c1-19(38)36-8-6-35(7-9-36)10-15-41-27-5-2-20(16-24(27)31)25-18-23(30(32)39)29-28(33-25)22-4-3-21(17-26(22)34-29)37-11-13-40-14-12-37/h2-5,16-18,34H,6-15H2,1H3,(H2,32,39). The molecule has 0 atom stereocenters. The minimum Gasteiger partial charge on any atom is -0.491 e. The second-order valence-corrected chi connectivity index (χ2v) is 10.8. The highest BCUT2D eigenvalue weighted by Gasteiger charge is 2.20. The summed E-state index contributed by atoms with van der Waals surface area (Å²) in [4.78, 5) is 38.7. The van der Waals surface area contributed by atoms with Crippen molar-refractivity contribution < 1.29 is 19.1 Å². The molecule has 4 aromatic rings. The van der Waals surface area contributed by atoms with Gasteiger partial charge in [-0.15, -0.1) is 0 Å². The Labute approximate surface area is 242 Å². The number of nitrogens with one attached hydrogen (secondary N) is 1. The van der Waals surface area contributed by atoms with Crippen molar-refractivity contribution in [1.82, 2.24) is 19.8 Å². The molecule has 0 saturated carbocycles. The van der Waals surface area contributed by atoms with Gasteiger partial charge in [-0.2, -0.15) is 0 Å². The van der Waals surface area contributed by atoms with E-state index in [1.54, 1.807) is 19.1 Å². The quantitative estimate of drug-likeness (QED) is 0.346. The molecule has 0 bridgehead atoms. The Morgan fingerprint density at radius 2 is 1.83 bits per heavy atom. The number of amides is 2. The van der Waals surface area contributed by atoms with Crippen LogP contribution in [0.25, 0.3) is 33.2 Å². The number of aromatic nitrogens is 2. The summed E-state index contributed by atoms with van der Waals surface area (Å²) < 4.78 is 11.5. The molecule has 10 nitrogen and oxygen atoms in total. The first kappa shape index (κ1) is 27.3. The van der Waals surface area contributed by atoms with E-state index >= 15 is 0 Å². The molecular formula is C30H33ClN6O4. The molecule has 11 heteroatoms. The van der Waals surface area contributed by atoms with E-state index < -0.39 is 5.91 Å². The summed E-state index contributed by atoms with van der Waals surface area (Å²) in [7, 11) is 0. The number of fused-ring (bicyclic) bond motifs is 3. The number of carbonyl (C=O) groups excluding carboxylic acids is 2. The highest BCUT2D eigenvalue weighted by Crippen LogP contribution is 2.34. The first-order valence-electron chi connectivity index (χ1n) is 13.9. The summed E-state index contributed by atoms with van der Waals surface area (Å²) in [5.74, 6) is 0.164. The first-order valence-corrected chi connectivity index (χ1v) is 14.2. The van der Waals surface area contributed by atoms with Gasteiger partial charge in [0, 0.05) is 69.4 Å². The average molecular weight is 577 g/mol. The first-order chi connectivity index (χ1) is 19.9. The Kier molecular flexibility index (Phi) is 7.70. The number of carbonyl (C=O) groups is 2. The highest BCUT2D eigenvalue weighted by molar-refractivity contribution is 6.32. The summed E-state index contributed by atoms with van der Waals surface area (Å²) in [6, 6.07) is 13.4. The number of aromatic amines is 1. The normalized spacial score (nSPS) is 16.4. The van der Waals surface area contributed by atoms with Gasteiger partial charge < -0.3 is 30.0 Å². The fourth-order valence-corrected chi connectivity index (χ4v) is 5.79. The monoisotopic (exact) mass is 576 g/mol. The number of primary amides is 1. The molecule has 2 amide bonds. The van der Waals surface area contributed by atoms with Gasteiger partial charge in [-0.1, -0.05) is 11.6 Å². The van der Waals surface area contributed by atoms with E-state index in [4.69, 9.17) is 31.8 Å². The molecular weight excluding hydrogens is 544 g/mol. The van der Waals surface area contributed by atoms with Crippen molar-refractivity contribution >= 4 is 51.0 Å². The number of ether oxygens (including phenoxy) is 2. The topological polar surface area (TPSA) is 117 Å². The van der Waals surface area contributed by atoms with Crippen LogP contribution in [0.3, 0.4) is 0 Å². The summed E-state index contributed by atoms with van der Waals surface area (Å²) in [5, 5.41) is 1.37. The van der Waals surface area contributed by atoms with Gasteiger partial charge in [0.1, 0.15) is 12.4 Å². The third-order valence-electron chi connectivity index (χ3n) is 7.89. The minimum absolute atomic E-state index is 0.118.